The zero-order valence-corrected chi connectivity index (χ0v) is 16.6. The number of hydrogen-bond acceptors (Lipinski definition) is 4. The fourth-order valence-corrected chi connectivity index (χ4v) is 4.74. The van der Waals surface area contributed by atoms with Gasteiger partial charge in [-0.15, -0.1) is 0 Å². The molecule has 5 nitrogen and oxygen atoms in total. The lowest BCUT2D eigenvalue weighted by atomic mass is 10.0. The Kier molecular flexibility index (Phi) is 5.97. The number of aryl methyl sites for hydroxylation is 2. The Labute approximate surface area is 161 Å². The van der Waals surface area contributed by atoms with Crippen molar-refractivity contribution in [2.45, 2.75) is 38.0 Å². The van der Waals surface area contributed by atoms with Gasteiger partial charge in [0.2, 0.25) is 10.0 Å². The predicted molar refractivity (Wildman–Crippen MR) is 105 cm³/mol. The molecule has 2 aromatic carbocycles. The number of rotatable bonds is 6. The third-order valence-electron chi connectivity index (χ3n) is 4.84. The van der Waals surface area contributed by atoms with Gasteiger partial charge in [0.25, 0.3) is 0 Å². The van der Waals surface area contributed by atoms with E-state index in [4.69, 9.17) is 4.74 Å². The van der Waals surface area contributed by atoms with Crippen molar-refractivity contribution in [3.05, 3.63) is 59.2 Å². The van der Waals surface area contributed by atoms with Crippen molar-refractivity contribution in [3.8, 4) is 5.75 Å². The van der Waals surface area contributed by atoms with Crippen molar-refractivity contribution in [2.24, 2.45) is 0 Å². The van der Waals surface area contributed by atoms with E-state index >= 15 is 0 Å². The average molecular weight is 388 g/mol. The summed E-state index contributed by atoms with van der Waals surface area (Å²) in [6, 6.07) is 12.0. The summed E-state index contributed by atoms with van der Waals surface area (Å²) in [7, 11) is -3.45. The Bertz CT molecular complexity index is 914. The van der Waals surface area contributed by atoms with E-state index < -0.39 is 10.0 Å². The minimum atomic E-state index is -3.45. The minimum Gasteiger partial charge on any atom is -0.485 e. The summed E-state index contributed by atoms with van der Waals surface area (Å²) >= 11 is 0. The van der Waals surface area contributed by atoms with Gasteiger partial charge in [0.15, 0.2) is 12.4 Å². The van der Waals surface area contributed by atoms with Crippen LogP contribution >= 0.6 is 0 Å². The molecule has 27 heavy (non-hydrogen) atoms. The molecule has 1 heterocycles. The van der Waals surface area contributed by atoms with Crippen molar-refractivity contribution < 1.29 is 17.9 Å². The third-order valence-corrected chi connectivity index (χ3v) is 6.75. The SMILES string of the molecule is Cc1ccc(C)c(C(=O)COc2ccc(S(=O)(=O)N3CCCCC3)cc2)c1. The molecule has 6 heteroatoms. The third kappa shape index (κ3) is 4.57. The van der Waals surface area contributed by atoms with Crippen LogP contribution in [0.2, 0.25) is 0 Å². The van der Waals surface area contributed by atoms with Crippen LogP contribution in [0.15, 0.2) is 47.4 Å². The number of ketones is 1. The highest BCUT2D eigenvalue weighted by Gasteiger charge is 2.25. The number of hydrogen-bond donors (Lipinski definition) is 0. The highest BCUT2D eigenvalue weighted by Crippen LogP contribution is 2.23. The van der Waals surface area contributed by atoms with Crippen LogP contribution in [0, 0.1) is 13.8 Å². The lowest BCUT2D eigenvalue weighted by Gasteiger charge is -2.25. The Hall–Kier alpha value is -2.18. The van der Waals surface area contributed by atoms with Gasteiger partial charge in [-0.1, -0.05) is 24.1 Å². The van der Waals surface area contributed by atoms with Crippen LogP contribution in [-0.2, 0) is 10.0 Å². The second-order valence-corrected chi connectivity index (χ2v) is 8.90. The summed E-state index contributed by atoms with van der Waals surface area (Å²) in [6.45, 7) is 4.91. The second kappa shape index (κ2) is 8.23. The Morgan fingerprint density at radius 2 is 1.67 bits per heavy atom. The van der Waals surface area contributed by atoms with Gasteiger partial charge in [0.05, 0.1) is 4.90 Å². The molecule has 1 aliphatic heterocycles. The highest BCUT2D eigenvalue weighted by atomic mass is 32.2. The first kappa shape index (κ1) is 19.6. The zero-order chi connectivity index (χ0) is 19.4. The minimum absolute atomic E-state index is 0.0808. The van der Waals surface area contributed by atoms with E-state index in [1.165, 1.54) is 4.31 Å². The van der Waals surface area contributed by atoms with Crippen molar-refractivity contribution in [2.75, 3.05) is 19.7 Å². The first-order valence-corrected chi connectivity index (χ1v) is 10.7. The van der Waals surface area contributed by atoms with Crippen LogP contribution in [0.4, 0.5) is 0 Å². The van der Waals surface area contributed by atoms with Crippen LogP contribution in [0.3, 0.4) is 0 Å². The standard InChI is InChI=1S/C21H25NO4S/c1-16-6-7-17(2)20(14-16)21(23)15-26-18-8-10-19(11-9-18)27(24,25)22-12-4-3-5-13-22/h6-11,14H,3-5,12-13,15H2,1-2H3. The number of sulfonamides is 1. The van der Waals surface area contributed by atoms with Crippen LogP contribution < -0.4 is 4.74 Å². The molecular weight excluding hydrogens is 362 g/mol. The van der Waals surface area contributed by atoms with Gasteiger partial charge in [-0.2, -0.15) is 4.31 Å². The number of nitrogens with zero attached hydrogens (tertiary/aromatic N) is 1. The molecule has 144 valence electrons. The van der Waals surface area contributed by atoms with E-state index in [1.54, 1.807) is 24.3 Å². The molecular formula is C21H25NO4S. The molecule has 0 N–H and O–H groups in total. The predicted octanol–water partition coefficient (Wildman–Crippen LogP) is 3.74. The number of carbonyl (C=O) groups is 1. The van der Waals surface area contributed by atoms with E-state index in [-0.39, 0.29) is 17.3 Å². The molecule has 0 radical (unpaired) electrons. The van der Waals surface area contributed by atoms with Crippen LogP contribution in [0.25, 0.3) is 0 Å². The van der Waals surface area contributed by atoms with Gasteiger partial charge in [-0.3, -0.25) is 4.79 Å². The molecule has 0 amide bonds. The quantitative estimate of drug-likeness (QED) is 0.709. The summed E-state index contributed by atoms with van der Waals surface area (Å²) in [4.78, 5) is 12.7. The summed E-state index contributed by atoms with van der Waals surface area (Å²) in [5.74, 6) is 0.382. The molecule has 0 saturated carbocycles. The molecule has 1 fully saturated rings. The zero-order valence-electron chi connectivity index (χ0n) is 15.8. The van der Waals surface area contributed by atoms with Gasteiger partial charge in [-0.05, 0) is 62.6 Å². The van der Waals surface area contributed by atoms with Crippen LogP contribution in [-0.4, -0.2) is 38.2 Å². The number of Topliss-reactive ketones (excluding diaryl/α,β-unsaturated/α-hetero) is 1. The molecule has 0 spiro atoms. The fraction of sp³-hybridized carbons (Fsp3) is 0.381. The monoisotopic (exact) mass is 387 g/mol. The Morgan fingerprint density at radius 1 is 1.00 bits per heavy atom. The van der Waals surface area contributed by atoms with Crippen molar-refractivity contribution in [3.63, 3.8) is 0 Å². The summed E-state index contributed by atoms with van der Waals surface area (Å²) in [5.41, 5.74) is 2.59. The van der Waals surface area contributed by atoms with Gasteiger partial charge in [0, 0.05) is 18.7 Å². The number of carbonyl (C=O) groups excluding carboxylic acids is 1. The maximum Gasteiger partial charge on any atom is 0.243 e. The lowest BCUT2D eigenvalue weighted by Crippen LogP contribution is -2.35. The summed E-state index contributed by atoms with van der Waals surface area (Å²) in [6.07, 6.45) is 2.88. The molecule has 2 aromatic rings. The summed E-state index contributed by atoms with van der Waals surface area (Å²) < 4.78 is 32.4. The van der Waals surface area contributed by atoms with Gasteiger partial charge >= 0.3 is 0 Å². The van der Waals surface area contributed by atoms with E-state index in [0.29, 0.717) is 24.4 Å². The van der Waals surface area contributed by atoms with E-state index in [1.807, 2.05) is 32.0 Å². The molecule has 1 saturated heterocycles. The molecule has 0 atom stereocenters. The van der Waals surface area contributed by atoms with E-state index in [2.05, 4.69) is 0 Å². The molecule has 0 unspecified atom stereocenters. The van der Waals surface area contributed by atoms with Crippen molar-refractivity contribution >= 4 is 15.8 Å². The van der Waals surface area contributed by atoms with E-state index in [0.717, 1.165) is 30.4 Å². The Morgan fingerprint density at radius 3 is 2.33 bits per heavy atom. The van der Waals surface area contributed by atoms with Gasteiger partial charge < -0.3 is 4.74 Å². The number of piperidine rings is 1. The molecule has 0 aromatic heterocycles. The van der Waals surface area contributed by atoms with Crippen molar-refractivity contribution in [1.29, 1.82) is 0 Å². The van der Waals surface area contributed by atoms with Crippen LogP contribution in [0.1, 0.15) is 40.7 Å². The average Bonchev–Trinajstić information content (AvgIpc) is 2.69. The van der Waals surface area contributed by atoms with E-state index in [9.17, 15) is 13.2 Å². The molecule has 0 bridgehead atoms. The number of ether oxygens (including phenoxy) is 1. The maximum atomic E-state index is 12.7. The van der Waals surface area contributed by atoms with Crippen molar-refractivity contribution in [1.82, 2.24) is 4.31 Å². The van der Waals surface area contributed by atoms with Gasteiger partial charge in [0.1, 0.15) is 5.75 Å². The highest BCUT2D eigenvalue weighted by molar-refractivity contribution is 7.89. The number of benzene rings is 2. The Balaban J connectivity index is 1.65. The molecule has 3 rings (SSSR count). The summed E-state index contributed by atoms with van der Waals surface area (Å²) in [5, 5.41) is 0. The largest absolute Gasteiger partial charge is 0.485 e. The topological polar surface area (TPSA) is 63.7 Å². The lowest BCUT2D eigenvalue weighted by molar-refractivity contribution is 0.0920. The van der Waals surface area contributed by atoms with Gasteiger partial charge in [-0.25, -0.2) is 8.42 Å². The fourth-order valence-electron chi connectivity index (χ4n) is 3.23. The molecule has 1 aliphatic rings. The first-order valence-electron chi connectivity index (χ1n) is 9.21. The normalized spacial score (nSPS) is 15.5. The molecule has 0 aliphatic carbocycles. The van der Waals surface area contributed by atoms with Crippen LogP contribution in [0.5, 0.6) is 5.75 Å². The smallest absolute Gasteiger partial charge is 0.243 e. The second-order valence-electron chi connectivity index (χ2n) is 6.97. The maximum absolute atomic E-state index is 12.7. The first-order chi connectivity index (χ1) is 12.9.